The molecule has 0 saturated heterocycles. The van der Waals surface area contributed by atoms with Crippen molar-refractivity contribution < 1.29 is 19.7 Å². The highest BCUT2D eigenvalue weighted by Gasteiger charge is 2.12. The Balaban J connectivity index is 2.06. The van der Waals surface area contributed by atoms with Crippen LogP contribution >= 0.6 is 0 Å². The summed E-state index contributed by atoms with van der Waals surface area (Å²) < 4.78 is 5.14. The number of phenols is 2. The van der Waals surface area contributed by atoms with Gasteiger partial charge in [-0.1, -0.05) is 24.8 Å². The molecule has 0 aliphatic carbocycles. The van der Waals surface area contributed by atoms with Crippen LogP contribution in [0.15, 0.2) is 49.0 Å². The van der Waals surface area contributed by atoms with Gasteiger partial charge in [0.25, 0.3) is 0 Å². The van der Waals surface area contributed by atoms with Crippen LogP contribution in [0.2, 0.25) is 0 Å². The van der Waals surface area contributed by atoms with E-state index >= 15 is 0 Å². The smallest absolute Gasteiger partial charge is 0.338 e. The van der Waals surface area contributed by atoms with E-state index in [1.165, 1.54) is 12.1 Å². The van der Waals surface area contributed by atoms with Gasteiger partial charge in [0.1, 0.15) is 18.1 Å². The van der Waals surface area contributed by atoms with Gasteiger partial charge in [-0.2, -0.15) is 0 Å². The Morgan fingerprint density at radius 2 is 1.81 bits per heavy atom. The van der Waals surface area contributed by atoms with Crippen molar-refractivity contribution >= 4 is 11.5 Å². The molecular weight excluding hydrogens is 268 g/mol. The van der Waals surface area contributed by atoms with E-state index in [0.717, 1.165) is 0 Å². The molecule has 0 aromatic heterocycles. The first-order valence-electron chi connectivity index (χ1n) is 6.42. The molecule has 0 fully saturated rings. The SMILES string of the molecule is C=C(COC(=O)c1ccccc1)c1cc(O)c(C)cc1O. The van der Waals surface area contributed by atoms with E-state index in [9.17, 15) is 15.0 Å². The summed E-state index contributed by atoms with van der Waals surface area (Å²) >= 11 is 0. The first-order valence-corrected chi connectivity index (χ1v) is 6.42. The summed E-state index contributed by atoms with van der Waals surface area (Å²) in [5.74, 6) is -0.419. The zero-order chi connectivity index (χ0) is 15.4. The number of ether oxygens (including phenoxy) is 1. The van der Waals surface area contributed by atoms with Crippen LogP contribution in [0.3, 0.4) is 0 Å². The molecule has 0 spiro atoms. The van der Waals surface area contributed by atoms with Crippen molar-refractivity contribution in [1.29, 1.82) is 0 Å². The molecule has 2 aromatic rings. The fraction of sp³-hybridized carbons (Fsp3) is 0.118. The van der Waals surface area contributed by atoms with Gasteiger partial charge in [0.2, 0.25) is 0 Å². The normalized spacial score (nSPS) is 10.1. The first-order chi connectivity index (χ1) is 9.99. The van der Waals surface area contributed by atoms with Gasteiger partial charge in [-0.05, 0) is 42.3 Å². The maximum absolute atomic E-state index is 11.8. The number of phenolic OH excluding ortho intramolecular Hbond substituents is 2. The van der Waals surface area contributed by atoms with Gasteiger partial charge in [0, 0.05) is 5.56 Å². The topological polar surface area (TPSA) is 66.8 Å². The Hall–Kier alpha value is -2.75. The number of aryl methyl sites for hydroxylation is 1. The van der Waals surface area contributed by atoms with Gasteiger partial charge in [0.15, 0.2) is 0 Å². The summed E-state index contributed by atoms with van der Waals surface area (Å²) in [4.78, 5) is 11.8. The lowest BCUT2D eigenvalue weighted by Gasteiger charge is -2.11. The maximum Gasteiger partial charge on any atom is 0.338 e. The zero-order valence-electron chi connectivity index (χ0n) is 11.7. The monoisotopic (exact) mass is 284 g/mol. The molecule has 4 nitrogen and oxygen atoms in total. The fourth-order valence-electron chi connectivity index (χ4n) is 1.85. The van der Waals surface area contributed by atoms with Crippen LogP contribution in [0.4, 0.5) is 0 Å². The summed E-state index contributed by atoms with van der Waals surface area (Å²) in [6.45, 7) is 5.39. The van der Waals surface area contributed by atoms with E-state index in [2.05, 4.69) is 6.58 Å². The Morgan fingerprint density at radius 1 is 1.14 bits per heavy atom. The van der Waals surface area contributed by atoms with Gasteiger partial charge >= 0.3 is 5.97 Å². The molecule has 0 aliphatic rings. The molecule has 0 atom stereocenters. The number of benzene rings is 2. The van der Waals surface area contributed by atoms with Gasteiger partial charge in [-0.25, -0.2) is 4.79 Å². The molecule has 0 saturated carbocycles. The van der Waals surface area contributed by atoms with Crippen molar-refractivity contribution in [2.24, 2.45) is 0 Å². The molecule has 0 radical (unpaired) electrons. The number of carbonyl (C=O) groups is 1. The Kier molecular flexibility index (Phi) is 4.28. The van der Waals surface area contributed by atoms with E-state index in [-0.39, 0.29) is 18.1 Å². The first kappa shape index (κ1) is 14.7. The number of hydrogen-bond donors (Lipinski definition) is 2. The molecule has 0 heterocycles. The second-order valence-electron chi connectivity index (χ2n) is 4.70. The van der Waals surface area contributed by atoms with Crippen LogP contribution in [0.5, 0.6) is 11.5 Å². The maximum atomic E-state index is 11.8. The predicted molar refractivity (Wildman–Crippen MR) is 80.3 cm³/mol. The highest BCUT2D eigenvalue weighted by atomic mass is 16.5. The van der Waals surface area contributed by atoms with Gasteiger partial charge in [-0.15, -0.1) is 0 Å². The summed E-state index contributed by atoms with van der Waals surface area (Å²) in [5, 5.41) is 19.5. The van der Waals surface area contributed by atoms with E-state index in [1.807, 2.05) is 6.07 Å². The molecule has 0 aliphatic heterocycles. The standard InChI is InChI=1S/C17H16O4/c1-11-8-16(19)14(9-15(11)18)12(2)10-21-17(20)13-6-4-3-5-7-13/h3-9,18-19H,2,10H2,1H3. The van der Waals surface area contributed by atoms with E-state index in [0.29, 0.717) is 22.3 Å². The van der Waals surface area contributed by atoms with E-state index in [1.54, 1.807) is 31.2 Å². The Bertz CT molecular complexity index is 675. The van der Waals surface area contributed by atoms with Crippen molar-refractivity contribution in [2.75, 3.05) is 6.61 Å². The molecule has 21 heavy (non-hydrogen) atoms. The minimum Gasteiger partial charge on any atom is -0.508 e. The number of rotatable bonds is 4. The van der Waals surface area contributed by atoms with Crippen LogP contribution in [-0.2, 0) is 4.74 Å². The molecule has 0 amide bonds. The van der Waals surface area contributed by atoms with Crippen molar-refractivity contribution in [3.05, 3.63) is 65.7 Å². The third-order valence-electron chi connectivity index (χ3n) is 3.08. The zero-order valence-corrected chi connectivity index (χ0v) is 11.7. The summed E-state index contributed by atoms with van der Waals surface area (Å²) in [7, 11) is 0. The van der Waals surface area contributed by atoms with Gasteiger partial charge in [0.05, 0.1) is 5.56 Å². The average molecular weight is 284 g/mol. The lowest BCUT2D eigenvalue weighted by Crippen LogP contribution is -2.07. The van der Waals surface area contributed by atoms with Crippen LogP contribution in [0.25, 0.3) is 5.57 Å². The number of hydrogen-bond acceptors (Lipinski definition) is 4. The number of carbonyl (C=O) groups excluding carboxylic acids is 1. The lowest BCUT2D eigenvalue weighted by atomic mass is 10.0. The molecule has 4 heteroatoms. The Labute approximate surface area is 122 Å². The van der Waals surface area contributed by atoms with Crippen LogP contribution < -0.4 is 0 Å². The summed E-state index contributed by atoms with van der Waals surface area (Å²) in [6, 6.07) is 11.5. The van der Waals surface area contributed by atoms with Crippen molar-refractivity contribution in [3.63, 3.8) is 0 Å². The molecule has 0 bridgehead atoms. The minimum absolute atomic E-state index is 0.00828. The largest absolute Gasteiger partial charge is 0.508 e. The summed E-state index contributed by atoms with van der Waals surface area (Å²) in [5.41, 5.74) is 1.78. The second kappa shape index (κ2) is 6.13. The summed E-state index contributed by atoms with van der Waals surface area (Å²) in [6.07, 6.45) is 0. The lowest BCUT2D eigenvalue weighted by molar-refractivity contribution is 0.0557. The highest BCUT2D eigenvalue weighted by Crippen LogP contribution is 2.31. The van der Waals surface area contributed by atoms with Gasteiger partial charge < -0.3 is 14.9 Å². The highest BCUT2D eigenvalue weighted by molar-refractivity contribution is 5.90. The van der Waals surface area contributed by atoms with Crippen LogP contribution in [-0.4, -0.2) is 22.8 Å². The molecular formula is C17H16O4. The molecule has 2 aromatic carbocycles. The Morgan fingerprint density at radius 3 is 2.48 bits per heavy atom. The molecule has 2 N–H and O–H groups in total. The van der Waals surface area contributed by atoms with E-state index in [4.69, 9.17) is 4.74 Å². The third kappa shape index (κ3) is 3.42. The number of esters is 1. The predicted octanol–water partition coefficient (Wildman–Crippen LogP) is 3.28. The van der Waals surface area contributed by atoms with Crippen LogP contribution in [0.1, 0.15) is 21.5 Å². The molecule has 2 rings (SSSR count). The average Bonchev–Trinajstić information content (AvgIpc) is 2.49. The minimum atomic E-state index is -0.465. The van der Waals surface area contributed by atoms with Crippen molar-refractivity contribution in [1.82, 2.24) is 0 Å². The second-order valence-corrected chi connectivity index (χ2v) is 4.70. The number of aromatic hydroxyl groups is 2. The van der Waals surface area contributed by atoms with Gasteiger partial charge in [-0.3, -0.25) is 0 Å². The fourth-order valence-corrected chi connectivity index (χ4v) is 1.85. The quantitative estimate of drug-likeness (QED) is 0.668. The van der Waals surface area contributed by atoms with E-state index < -0.39 is 5.97 Å². The van der Waals surface area contributed by atoms with Crippen molar-refractivity contribution in [2.45, 2.75) is 6.92 Å². The third-order valence-corrected chi connectivity index (χ3v) is 3.08. The van der Waals surface area contributed by atoms with Crippen LogP contribution in [0, 0.1) is 6.92 Å². The molecule has 0 unspecified atom stereocenters. The van der Waals surface area contributed by atoms with Crippen molar-refractivity contribution in [3.8, 4) is 11.5 Å². The molecule has 108 valence electrons.